The first-order chi connectivity index (χ1) is 27.2. The minimum absolute atomic E-state index is 0.0215. The third-order valence-electron chi connectivity index (χ3n) is 9.15. The summed E-state index contributed by atoms with van der Waals surface area (Å²) in [5.41, 5.74) is -1.32. The molecular formula is C41H26F2N2O12. The Morgan fingerprint density at radius 3 is 2.14 bits per heavy atom. The molecule has 0 radical (unpaired) electrons. The Hall–Kier alpha value is -7.88. The van der Waals surface area contributed by atoms with E-state index in [0.717, 1.165) is 18.2 Å². The lowest BCUT2D eigenvalue weighted by molar-refractivity contribution is -0.120. The molecule has 2 heterocycles. The average Bonchev–Trinajstić information content (AvgIpc) is 3.18. The molecular weight excluding hydrogens is 750 g/mol. The minimum Gasteiger partial charge on any atom is -0.507 e. The van der Waals surface area contributed by atoms with Gasteiger partial charge in [-0.2, -0.15) is 4.39 Å². The maximum absolute atomic E-state index is 14.1. The van der Waals surface area contributed by atoms with E-state index >= 15 is 0 Å². The van der Waals surface area contributed by atoms with Gasteiger partial charge in [0.05, 0.1) is 29.7 Å². The van der Waals surface area contributed by atoms with E-state index in [2.05, 4.69) is 10.6 Å². The summed E-state index contributed by atoms with van der Waals surface area (Å²) in [6.45, 7) is -0.315. The minimum atomic E-state index is -1.44. The zero-order valence-electron chi connectivity index (χ0n) is 29.0. The Balaban J connectivity index is 1.09. The molecule has 0 bridgehead atoms. The normalized spacial score (nSPS) is 11.2. The van der Waals surface area contributed by atoms with Crippen molar-refractivity contribution in [3.63, 3.8) is 0 Å². The van der Waals surface area contributed by atoms with Crippen molar-refractivity contribution in [2.45, 2.75) is 19.5 Å². The number of carbonyl (C=O) groups is 4. The van der Waals surface area contributed by atoms with Gasteiger partial charge in [-0.25, -0.2) is 18.8 Å². The van der Waals surface area contributed by atoms with Crippen molar-refractivity contribution in [3.05, 3.63) is 151 Å². The lowest BCUT2D eigenvalue weighted by Gasteiger charge is -2.19. The van der Waals surface area contributed by atoms with Crippen molar-refractivity contribution >= 4 is 45.7 Å². The van der Waals surface area contributed by atoms with Crippen LogP contribution in [-0.4, -0.2) is 44.2 Å². The standard InChI is InChI=1S/C41H26F2N2O12/c42-29-13-21-11-22(41(55)57-36(21)34(43)35(29)49)14-32(48)44-16-18-1-3-19(4-2-18)38(50)45-17-28-30(47)10-9-26-33(25-8-6-23(46)15-31(25)56-37(26)28)24-7-5-20(39(51)52)12-27(24)40(53)54/h1-13,15,47,49H,14,16-17H2,(H,44,48)(H,45,50)(H,51,52)(H,53,54). The summed E-state index contributed by atoms with van der Waals surface area (Å²) in [5.74, 6) is -8.21. The summed E-state index contributed by atoms with van der Waals surface area (Å²) in [4.78, 5) is 74.5. The molecule has 6 N–H and O–H groups in total. The van der Waals surface area contributed by atoms with E-state index in [0.29, 0.717) is 16.5 Å². The van der Waals surface area contributed by atoms with Crippen LogP contribution in [0.2, 0.25) is 0 Å². The predicted octanol–water partition coefficient (Wildman–Crippen LogP) is 5.55. The third kappa shape index (κ3) is 7.21. The summed E-state index contributed by atoms with van der Waals surface area (Å²) < 4.78 is 38.9. The summed E-state index contributed by atoms with van der Waals surface area (Å²) >= 11 is 0. The van der Waals surface area contributed by atoms with Crippen LogP contribution in [0.4, 0.5) is 8.78 Å². The van der Waals surface area contributed by atoms with Gasteiger partial charge in [-0.1, -0.05) is 18.2 Å². The molecule has 5 aromatic rings. The van der Waals surface area contributed by atoms with Gasteiger partial charge in [0.25, 0.3) is 5.91 Å². The van der Waals surface area contributed by atoms with E-state index in [1.165, 1.54) is 54.6 Å². The fourth-order valence-electron chi connectivity index (χ4n) is 6.34. The largest absolute Gasteiger partial charge is 0.507 e. The molecule has 7 rings (SSSR count). The van der Waals surface area contributed by atoms with Crippen LogP contribution in [0.3, 0.4) is 0 Å². The SMILES string of the molecule is O=C(Cc1cc2cc(F)c(O)c(F)c2oc1=O)NCc1ccc(C(=O)NCc2c(O)ccc3c(-c4ccc(C(=O)O)cc4C(=O)O)c4ccc(=O)cc-4oc23)cc1. The quantitative estimate of drug-likeness (QED) is 0.0742. The summed E-state index contributed by atoms with van der Waals surface area (Å²) in [6.07, 6.45) is -0.483. The number of carboxylic acids is 2. The number of hydrogen-bond donors (Lipinski definition) is 6. The topological polar surface area (TPSA) is 234 Å². The van der Waals surface area contributed by atoms with Crippen LogP contribution < -0.4 is 21.7 Å². The van der Waals surface area contributed by atoms with E-state index in [9.17, 15) is 58.0 Å². The molecule has 0 saturated carbocycles. The number of phenolic OH excluding ortho intramolecular Hbond substituents is 2. The van der Waals surface area contributed by atoms with Crippen molar-refractivity contribution in [2.24, 2.45) is 0 Å². The van der Waals surface area contributed by atoms with Gasteiger partial charge < -0.3 is 39.9 Å². The van der Waals surface area contributed by atoms with Gasteiger partial charge >= 0.3 is 17.6 Å². The van der Waals surface area contributed by atoms with Crippen LogP contribution in [0.1, 0.15) is 47.8 Å². The lowest BCUT2D eigenvalue weighted by atomic mass is 9.89. The number of aromatic hydroxyl groups is 2. The highest BCUT2D eigenvalue weighted by Gasteiger charge is 2.25. The van der Waals surface area contributed by atoms with Crippen LogP contribution in [-0.2, 0) is 24.3 Å². The molecule has 0 unspecified atom stereocenters. The zero-order chi connectivity index (χ0) is 40.7. The van der Waals surface area contributed by atoms with E-state index < -0.39 is 64.2 Å². The Labute approximate surface area is 317 Å². The molecule has 2 aliphatic rings. The van der Waals surface area contributed by atoms with Crippen molar-refractivity contribution in [1.82, 2.24) is 10.6 Å². The summed E-state index contributed by atoms with van der Waals surface area (Å²) in [6, 6.07) is 18.2. The number of carboxylic acid groups (broad SMARTS) is 2. The van der Waals surface area contributed by atoms with Gasteiger partial charge in [0.15, 0.2) is 22.6 Å². The molecule has 0 saturated heterocycles. The van der Waals surface area contributed by atoms with Gasteiger partial charge in [0.2, 0.25) is 11.7 Å². The Morgan fingerprint density at radius 1 is 0.702 bits per heavy atom. The second-order valence-corrected chi connectivity index (χ2v) is 12.8. The molecule has 0 fully saturated rings. The highest BCUT2D eigenvalue weighted by molar-refractivity contribution is 6.09. The van der Waals surface area contributed by atoms with E-state index in [1.54, 1.807) is 12.1 Å². The van der Waals surface area contributed by atoms with Crippen LogP contribution in [0.5, 0.6) is 11.5 Å². The fraction of sp³-hybridized carbons (Fsp3) is 0.0732. The first kappa shape index (κ1) is 37.4. The molecule has 0 atom stereocenters. The molecule has 286 valence electrons. The molecule has 1 aliphatic carbocycles. The van der Waals surface area contributed by atoms with E-state index in [-0.39, 0.29) is 74.5 Å². The first-order valence-corrected chi connectivity index (χ1v) is 16.8. The number of amides is 2. The van der Waals surface area contributed by atoms with Crippen LogP contribution in [0.15, 0.2) is 103 Å². The maximum atomic E-state index is 14.1. The number of benzene rings is 5. The van der Waals surface area contributed by atoms with Crippen molar-refractivity contribution in [3.8, 4) is 33.9 Å². The van der Waals surface area contributed by atoms with Gasteiger partial charge in [-0.05, 0) is 71.8 Å². The lowest BCUT2D eigenvalue weighted by Crippen LogP contribution is -2.27. The number of rotatable bonds is 10. The van der Waals surface area contributed by atoms with Gasteiger partial charge in [-0.3, -0.25) is 14.4 Å². The Bertz CT molecular complexity index is 2920. The number of hydrogen-bond acceptors (Lipinski definition) is 10. The van der Waals surface area contributed by atoms with E-state index in [4.69, 9.17) is 8.83 Å². The van der Waals surface area contributed by atoms with Gasteiger partial charge in [0.1, 0.15) is 17.1 Å². The number of aromatic carboxylic acids is 2. The van der Waals surface area contributed by atoms with Crippen LogP contribution >= 0.6 is 0 Å². The van der Waals surface area contributed by atoms with E-state index in [1.807, 2.05) is 0 Å². The molecule has 16 heteroatoms. The number of carbonyl (C=O) groups excluding carboxylic acids is 2. The highest BCUT2D eigenvalue weighted by atomic mass is 19.1. The monoisotopic (exact) mass is 776 g/mol. The Kier molecular flexibility index (Phi) is 9.68. The molecule has 1 aliphatic heterocycles. The number of fused-ring (bicyclic) bond motifs is 3. The van der Waals surface area contributed by atoms with Crippen LogP contribution in [0, 0.1) is 11.6 Å². The molecule has 1 aromatic heterocycles. The Morgan fingerprint density at radius 2 is 1.42 bits per heavy atom. The maximum Gasteiger partial charge on any atom is 0.340 e. The summed E-state index contributed by atoms with van der Waals surface area (Å²) in [7, 11) is 0. The second-order valence-electron chi connectivity index (χ2n) is 12.8. The molecule has 2 amide bonds. The number of nitrogens with one attached hydrogen (secondary N) is 2. The molecule has 4 aromatic carbocycles. The van der Waals surface area contributed by atoms with Gasteiger partial charge in [-0.15, -0.1) is 0 Å². The van der Waals surface area contributed by atoms with Crippen molar-refractivity contribution in [1.29, 1.82) is 0 Å². The van der Waals surface area contributed by atoms with Crippen molar-refractivity contribution in [2.75, 3.05) is 0 Å². The average molecular weight is 777 g/mol. The fourth-order valence-corrected chi connectivity index (χ4v) is 6.34. The van der Waals surface area contributed by atoms with Crippen molar-refractivity contribution < 1.29 is 57.2 Å². The number of halogens is 2. The summed E-state index contributed by atoms with van der Waals surface area (Å²) in [5, 5.41) is 45.3. The number of phenols is 2. The predicted molar refractivity (Wildman–Crippen MR) is 197 cm³/mol. The molecule has 14 nitrogen and oxygen atoms in total. The third-order valence-corrected chi connectivity index (χ3v) is 9.15. The second kappa shape index (κ2) is 14.7. The highest BCUT2D eigenvalue weighted by Crippen LogP contribution is 2.43. The first-order valence-electron chi connectivity index (χ1n) is 16.8. The van der Waals surface area contributed by atoms with Crippen LogP contribution in [0.25, 0.3) is 44.4 Å². The van der Waals surface area contributed by atoms with Gasteiger partial charge in [0, 0.05) is 45.6 Å². The molecule has 0 spiro atoms. The molecule has 57 heavy (non-hydrogen) atoms. The zero-order valence-corrected chi connectivity index (χ0v) is 29.0. The smallest absolute Gasteiger partial charge is 0.340 e.